The second kappa shape index (κ2) is 7.27. The number of hydrogen-bond acceptors (Lipinski definition) is 4. The van der Waals surface area contributed by atoms with Crippen molar-refractivity contribution in [2.45, 2.75) is 38.6 Å². The predicted octanol–water partition coefficient (Wildman–Crippen LogP) is 2.49. The lowest BCUT2D eigenvalue weighted by atomic mass is 9.87. The van der Waals surface area contributed by atoms with Gasteiger partial charge in [-0.15, -0.1) is 0 Å². The fraction of sp³-hybridized carbons (Fsp3) is 0.625. The molecule has 0 spiro atoms. The zero-order chi connectivity index (χ0) is 15.3. The highest BCUT2D eigenvalue weighted by Crippen LogP contribution is 2.35. The summed E-state index contributed by atoms with van der Waals surface area (Å²) in [6, 6.07) is 6.57. The van der Waals surface area contributed by atoms with Crippen molar-refractivity contribution in [3.05, 3.63) is 29.3 Å². The van der Waals surface area contributed by atoms with Crippen molar-refractivity contribution in [3.8, 4) is 5.75 Å². The molecule has 0 saturated carbocycles. The van der Waals surface area contributed by atoms with Gasteiger partial charge >= 0.3 is 0 Å². The van der Waals surface area contributed by atoms with Gasteiger partial charge in [0.25, 0.3) is 0 Å². The monoisotopic (exact) mass is 311 g/mol. The standard InChI is InChI=1S/C16H25NO3S/c1-3-21(18,19)12-6-11-20-16-10-5-7-13-14(16)8-4-9-15(13)17-2/h5,7,10,15,17H,3-4,6,8-9,11-12H2,1-2H3. The van der Waals surface area contributed by atoms with E-state index < -0.39 is 9.84 Å². The van der Waals surface area contributed by atoms with Crippen molar-refractivity contribution in [2.75, 3.05) is 25.2 Å². The Bertz CT molecular complexity index is 569. The second-order valence-electron chi connectivity index (χ2n) is 5.50. The minimum Gasteiger partial charge on any atom is -0.493 e. The Morgan fingerprint density at radius 3 is 2.90 bits per heavy atom. The molecule has 1 N–H and O–H groups in total. The summed E-state index contributed by atoms with van der Waals surface area (Å²) in [5, 5.41) is 3.35. The Labute approximate surface area is 127 Å². The van der Waals surface area contributed by atoms with E-state index in [0.29, 0.717) is 19.1 Å². The van der Waals surface area contributed by atoms with Gasteiger partial charge in [0.15, 0.2) is 0 Å². The number of benzene rings is 1. The molecule has 1 aromatic rings. The van der Waals surface area contributed by atoms with Crippen LogP contribution in [-0.2, 0) is 16.3 Å². The maximum absolute atomic E-state index is 11.5. The van der Waals surface area contributed by atoms with Crippen LogP contribution in [0.4, 0.5) is 0 Å². The minimum atomic E-state index is -2.89. The van der Waals surface area contributed by atoms with E-state index >= 15 is 0 Å². The van der Waals surface area contributed by atoms with Crippen molar-refractivity contribution in [1.82, 2.24) is 5.32 Å². The van der Waals surface area contributed by atoms with Crippen LogP contribution in [0.5, 0.6) is 5.75 Å². The van der Waals surface area contributed by atoms with Crippen molar-refractivity contribution >= 4 is 9.84 Å². The Balaban J connectivity index is 1.98. The molecule has 1 unspecified atom stereocenters. The van der Waals surface area contributed by atoms with Crippen LogP contribution in [0.2, 0.25) is 0 Å². The molecule has 0 heterocycles. The van der Waals surface area contributed by atoms with Crippen LogP contribution in [0.15, 0.2) is 18.2 Å². The smallest absolute Gasteiger partial charge is 0.150 e. The maximum Gasteiger partial charge on any atom is 0.150 e. The van der Waals surface area contributed by atoms with Crippen molar-refractivity contribution < 1.29 is 13.2 Å². The highest BCUT2D eigenvalue weighted by Gasteiger charge is 2.21. The SMILES string of the molecule is CCS(=O)(=O)CCCOc1cccc2c1CCCC2NC. The second-order valence-corrected chi connectivity index (χ2v) is 7.97. The molecule has 0 aliphatic heterocycles. The van der Waals surface area contributed by atoms with E-state index in [1.54, 1.807) is 6.92 Å². The molecule has 118 valence electrons. The molecule has 1 atom stereocenters. The highest BCUT2D eigenvalue weighted by atomic mass is 32.2. The summed E-state index contributed by atoms with van der Waals surface area (Å²) >= 11 is 0. The van der Waals surface area contributed by atoms with Crippen molar-refractivity contribution in [3.63, 3.8) is 0 Å². The molecule has 21 heavy (non-hydrogen) atoms. The van der Waals surface area contributed by atoms with Gasteiger partial charge in [-0.25, -0.2) is 8.42 Å². The van der Waals surface area contributed by atoms with E-state index in [4.69, 9.17) is 4.74 Å². The summed E-state index contributed by atoms with van der Waals surface area (Å²) in [6.45, 7) is 2.14. The molecule has 0 fully saturated rings. The predicted molar refractivity (Wildman–Crippen MR) is 85.6 cm³/mol. The third-order valence-electron chi connectivity index (χ3n) is 4.11. The van der Waals surface area contributed by atoms with Gasteiger partial charge in [-0.05, 0) is 49.9 Å². The average molecular weight is 311 g/mol. The van der Waals surface area contributed by atoms with E-state index in [9.17, 15) is 8.42 Å². The van der Waals surface area contributed by atoms with E-state index in [-0.39, 0.29) is 11.5 Å². The molecule has 0 aromatic heterocycles. The van der Waals surface area contributed by atoms with E-state index in [2.05, 4.69) is 11.4 Å². The van der Waals surface area contributed by atoms with Gasteiger partial charge in [-0.2, -0.15) is 0 Å². The first-order valence-corrected chi connectivity index (χ1v) is 9.52. The molecule has 2 rings (SSSR count). The van der Waals surface area contributed by atoms with Gasteiger partial charge in [0, 0.05) is 11.8 Å². The number of ether oxygens (including phenoxy) is 1. The molecule has 0 radical (unpaired) electrons. The van der Waals surface area contributed by atoms with Crippen LogP contribution in [0, 0.1) is 0 Å². The molecule has 5 heteroatoms. The molecular formula is C16H25NO3S. The molecule has 4 nitrogen and oxygen atoms in total. The number of sulfone groups is 1. The fourth-order valence-electron chi connectivity index (χ4n) is 2.86. The molecule has 1 aliphatic rings. The average Bonchev–Trinajstić information content (AvgIpc) is 2.51. The number of rotatable bonds is 7. The zero-order valence-electron chi connectivity index (χ0n) is 12.9. The summed E-state index contributed by atoms with van der Waals surface area (Å²) in [5.74, 6) is 1.33. The number of nitrogens with one attached hydrogen (secondary N) is 1. The van der Waals surface area contributed by atoms with Crippen LogP contribution in [0.1, 0.15) is 43.4 Å². The molecule has 0 bridgehead atoms. The van der Waals surface area contributed by atoms with Crippen LogP contribution in [0.25, 0.3) is 0 Å². The minimum absolute atomic E-state index is 0.206. The van der Waals surface area contributed by atoms with E-state index in [0.717, 1.165) is 25.0 Å². The van der Waals surface area contributed by atoms with Crippen LogP contribution < -0.4 is 10.1 Å². The first-order valence-electron chi connectivity index (χ1n) is 7.69. The highest BCUT2D eigenvalue weighted by molar-refractivity contribution is 7.91. The summed E-state index contributed by atoms with van der Waals surface area (Å²) in [7, 11) is -0.905. The first kappa shape index (κ1) is 16.3. The van der Waals surface area contributed by atoms with E-state index in [1.165, 1.54) is 11.1 Å². The summed E-state index contributed by atoms with van der Waals surface area (Å²) < 4.78 is 28.8. The summed E-state index contributed by atoms with van der Waals surface area (Å²) in [6.07, 6.45) is 3.90. The summed E-state index contributed by atoms with van der Waals surface area (Å²) in [5.41, 5.74) is 2.60. The van der Waals surface area contributed by atoms with E-state index in [1.807, 2.05) is 19.2 Å². The Hall–Kier alpha value is -1.07. The van der Waals surface area contributed by atoms with Gasteiger partial charge in [-0.1, -0.05) is 19.1 Å². The fourth-order valence-corrected chi connectivity index (χ4v) is 3.70. The van der Waals surface area contributed by atoms with Gasteiger partial charge in [0.1, 0.15) is 15.6 Å². The first-order chi connectivity index (χ1) is 10.1. The van der Waals surface area contributed by atoms with Gasteiger partial charge in [0.2, 0.25) is 0 Å². The lowest BCUT2D eigenvalue weighted by Crippen LogP contribution is -2.22. The van der Waals surface area contributed by atoms with Crippen LogP contribution in [0.3, 0.4) is 0 Å². The van der Waals surface area contributed by atoms with Crippen LogP contribution >= 0.6 is 0 Å². The topological polar surface area (TPSA) is 55.4 Å². The third-order valence-corrected chi connectivity index (χ3v) is 5.90. The molecule has 0 amide bonds. The zero-order valence-corrected chi connectivity index (χ0v) is 13.7. The Morgan fingerprint density at radius 2 is 2.19 bits per heavy atom. The molecule has 1 aromatic carbocycles. The van der Waals surface area contributed by atoms with Gasteiger partial charge in [-0.3, -0.25) is 0 Å². The van der Waals surface area contributed by atoms with Crippen molar-refractivity contribution in [1.29, 1.82) is 0 Å². The lowest BCUT2D eigenvalue weighted by Gasteiger charge is -2.26. The molecular weight excluding hydrogens is 286 g/mol. The maximum atomic E-state index is 11.5. The molecule has 1 aliphatic carbocycles. The third kappa shape index (κ3) is 4.20. The Kier molecular flexibility index (Phi) is 5.65. The van der Waals surface area contributed by atoms with Crippen LogP contribution in [-0.4, -0.2) is 33.6 Å². The van der Waals surface area contributed by atoms with Gasteiger partial charge < -0.3 is 10.1 Å². The van der Waals surface area contributed by atoms with Gasteiger partial charge in [0.05, 0.1) is 12.4 Å². The lowest BCUT2D eigenvalue weighted by molar-refractivity contribution is 0.311. The quantitative estimate of drug-likeness (QED) is 0.786. The normalized spacial score (nSPS) is 18.3. The largest absolute Gasteiger partial charge is 0.493 e. The summed E-state index contributed by atoms with van der Waals surface area (Å²) in [4.78, 5) is 0. The van der Waals surface area contributed by atoms with Crippen molar-refractivity contribution in [2.24, 2.45) is 0 Å². The number of fused-ring (bicyclic) bond motifs is 1. The number of hydrogen-bond donors (Lipinski definition) is 1. The molecule has 0 saturated heterocycles. The Morgan fingerprint density at radius 1 is 1.38 bits per heavy atom.